The number of fused-ring (bicyclic) bond motifs is 2. The molecule has 3 aromatic heterocycles. The van der Waals surface area contributed by atoms with E-state index in [2.05, 4.69) is 15.2 Å². The first-order chi connectivity index (χ1) is 17.3. The van der Waals surface area contributed by atoms with Gasteiger partial charge in [0.15, 0.2) is 11.5 Å². The third-order valence-corrected chi connectivity index (χ3v) is 6.80. The second-order valence-electron chi connectivity index (χ2n) is 9.63. The summed E-state index contributed by atoms with van der Waals surface area (Å²) >= 11 is 0. The van der Waals surface area contributed by atoms with E-state index >= 15 is 0 Å². The summed E-state index contributed by atoms with van der Waals surface area (Å²) in [4.78, 5) is 6.02. The third kappa shape index (κ3) is 4.37. The maximum atomic E-state index is 14.2. The molecule has 2 N–H and O–H groups in total. The van der Waals surface area contributed by atoms with Crippen molar-refractivity contribution < 1.29 is 22.3 Å². The van der Waals surface area contributed by atoms with Gasteiger partial charge < -0.3 is 10.5 Å². The molecule has 0 radical (unpaired) electrons. The molecule has 2 aliphatic rings. The van der Waals surface area contributed by atoms with Gasteiger partial charge in [-0.1, -0.05) is 12.1 Å². The van der Waals surface area contributed by atoms with Crippen molar-refractivity contribution in [3.63, 3.8) is 0 Å². The molecule has 11 heteroatoms. The number of alkyl halides is 3. The summed E-state index contributed by atoms with van der Waals surface area (Å²) in [7, 11) is 0. The molecule has 6 rings (SSSR count). The van der Waals surface area contributed by atoms with Gasteiger partial charge in [-0.25, -0.2) is 9.37 Å². The Labute approximate surface area is 203 Å². The van der Waals surface area contributed by atoms with E-state index in [1.54, 1.807) is 12.1 Å². The molecule has 1 aliphatic carbocycles. The Kier molecular flexibility index (Phi) is 5.56. The van der Waals surface area contributed by atoms with Crippen LogP contribution in [0.2, 0.25) is 0 Å². The normalized spacial score (nSPS) is 19.9. The first-order valence-corrected chi connectivity index (χ1v) is 11.9. The van der Waals surface area contributed by atoms with Gasteiger partial charge in [0.05, 0.1) is 6.61 Å². The lowest BCUT2D eigenvalue weighted by molar-refractivity contribution is -0.183. The Bertz CT molecular complexity index is 1430. The molecule has 2 fully saturated rings. The number of pyridine rings is 2. The summed E-state index contributed by atoms with van der Waals surface area (Å²) in [5.74, 6) is 0.651. The smallest absolute Gasteiger partial charge is 0.408 e. The molecule has 2 atom stereocenters. The molecule has 36 heavy (non-hydrogen) atoms. The Hall–Kier alpha value is -3.31. The van der Waals surface area contributed by atoms with E-state index in [1.165, 1.54) is 39.8 Å². The summed E-state index contributed by atoms with van der Waals surface area (Å²) in [6, 6.07) is 6.88. The zero-order valence-corrected chi connectivity index (χ0v) is 19.2. The SMILES string of the molecule is NC1CCN(C(c2ccc3nnc(-c4ccc5cc(F)cc(OCC6CC6)c5n4)n3c2)C(F)(F)F)C1. The second kappa shape index (κ2) is 8.67. The average molecular weight is 501 g/mol. The fourth-order valence-corrected chi connectivity index (χ4v) is 4.79. The van der Waals surface area contributed by atoms with Crippen molar-refractivity contribution in [2.75, 3.05) is 19.7 Å². The van der Waals surface area contributed by atoms with E-state index in [9.17, 15) is 17.6 Å². The minimum atomic E-state index is -4.48. The zero-order chi connectivity index (χ0) is 25.0. The van der Waals surface area contributed by atoms with E-state index < -0.39 is 18.0 Å². The highest BCUT2D eigenvalue weighted by atomic mass is 19.4. The number of hydrogen-bond donors (Lipinski definition) is 1. The van der Waals surface area contributed by atoms with Gasteiger partial charge >= 0.3 is 6.18 Å². The quantitative estimate of drug-likeness (QED) is 0.393. The number of nitrogens with zero attached hydrogens (tertiary/aromatic N) is 5. The van der Waals surface area contributed by atoms with Crippen LogP contribution in [-0.4, -0.2) is 56.4 Å². The summed E-state index contributed by atoms with van der Waals surface area (Å²) in [5, 5.41) is 8.87. The second-order valence-corrected chi connectivity index (χ2v) is 9.63. The molecule has 7 nitrogen and oxygen atoms in total. The first kappa shape index (κ1) is 23.1. The molecule has 4 aromatic rings. The van der Waals surface area contributed by atoms with Gasteiger partial charge in [-0.2, -0.15) is 13.2 Å². The van der Waals surface area contributed by atoms with Crippen LogP contribution in [0.4, 0.5) is 17.6 Å². The Morgan fingerprint density at radius 1 is 1.08 bits per heavy atom. The Morgan fingerprint density at radius 3 is 2.64 bits per heavy atom. The van der Waals surface area contributed by atoms with Gasteiger partial charge in [-0.05, 0) is 48.9 Å². The number of rotatable bonds is 6. The van der Waals surface area contributed by atoms with Crippen LogP contribution in [0.25, 0.3) is 28.1 Å². The molecule has 1 saturated heterocycles. The number of aromatic nitrogens is 4. The van der Waals surface area contributed by atoms with Gasteiger partial charge in [-0.15, -0.1) is 10.2 Å². The summed E-state index contributed by atoms with van der Waals surface area (Å²) in [6.07, 6.45) is -0.386. The fourth-order valence-electron chi connectivity index (χ4n) is 4.79. The summed E-state index contributed by atoms with van der Waals surface area (Å²) < 4.78 is 63.9. The minimum absolute atomic E-state index is 0.0708. The predicted molar refractivity (Wildman–Crippen MR) is 125 cm³/mol. The fraction of sp³-hybridized carbons (Fsp3) is 0.400. The van der Waals surface area contributed by atoms with Crippen molar-refractivity contribution >= 4 is 16.6 Å². The van der Waals surface area contributed by atoms with Crippen LogP contribution >= 0.6 is 0 Å². The summed E-state index contributed by atoms with van der Waals surface area (Å²) in [6.45, 7) is 0.926. The molecule has 1 aromatic carbocycles. The van der Waals surface area contributed by atoms with Crippen molar-refractivity contribution in [3.8, 4) is 17.3 Å². The lowest BCUT2D eigenvalue weighted by Gasteiger charge is -2.30. The molecular weight excluding hydrogens is 476 g/mol. The number of likely N-dealkylation sites (tertiary alicyclic amines) is 1. The Morgan fingerprint density at radius 2 is 1.92 bits per heavy atom. The van der Waals surface area contributed by atoms with E-state index in [0.29, 0.717) is 46.9 Å². The van der Waals surface area contributed by atoms with Crippen molar-refractivity contribution in [1.29, 1.82) is 0 Å². The molecule has 188 valence electrons. The average Bonchev–Trinajstić information content (AvgIpc) is 3.42. The number of halogens is 4. The molecule has 1 saturated carbocycles. The topological polar surface area (TPSA) is 81.6 Å². The monoisotopic (exact) mass is 500 g/mol. The van der Waals surface area contributed by atoms with Gasteiger partial charge in [0, 0.05) is 36.8 Å². The van der Waals surface area contributed by atoms with Gasteiger partial charge in [-0.3, -0.25) is 9.30 Å². The van der Waals surface area contributed by atoms with Crippen LogP contribution in [0, 0.1) is 11.7 Å². The molecule has 0 spiro atoms. The number of nitrogens with two attached hydrogens (primary N) is 1. The Balaban J connectivity index is 1.42. The van der Waals surface area contributed by atoms with Gasteiger partial charge in [0.25, 0.3) is 0 Å². The molecule has 0 amide bonds. The zero-order valence-electron chi connectivity index (χ0n) is 19.2. The van der Waals surface area contributed by atoms with Crippen LogP contribution < -0.4 is 10.5 Å². The van der Waals surface area contributed by atoms with Gasteiger partial charge in [0.1, 0.15) is 28.8 Å². The number of benzene rings is 1. The van der Waals surface area contributed by atoms with E-state index in [-0.39, 0.29) is 30.5 Å². The van der Waals surface area contributed by atoms with Crippen LogP contribution in [0.5, 0.6) is 5.75 Å². The van der Waals surface area contributed by atoms with Crippen LogP contribution in [-0.2, 0) is 0 Å². The molecule has 2 unspecified atom stereocenters. The lowest BCUT2D eigenvalue weighted by atomic mass is 10.1. The van der Waals surface area contributed by atoms with Crippen LogP contribution in [0.1, 0.15) is 30.9 Å². The van der Waals surface area contributed by atoms with Crippen molar-refractivity contribution in [1.82, 2.24) is 24.5 Å². The van der Waals surface area contributed by atoms with Crippen molar-refractivity contribution in [3.05, 3.63) is 54.0 Å². The van der Waals surface area contributed by atoms with Crippen LogP contribution in [0.15, 0.2) is 42.6 Å². The molecule has 4 heterocycles. The van der Waals surface area contributed by atoms with E-state index in [0.717, 1.165) is 12.8 Å². The first-order valence-electron chi connectivity index (χ1n) is 11.9. The molecule has 0 bridgehead atoms. The van der Waals surface area contributed by atoms with Crippen LogP contribution in [0.3, 0.4) is 0 Å². The third-order valence-electron chi connectivity index (χ3n) is 6.80. The largest absolute Gasteiger partial charge is 0.491 e. The molecule has 1 aliphatic heterocycles. The predicted octanol–water partition coefficient (Wildman–Crippen LogP) is 4.51. The highest BCUT2D eigenvalue weighted by Crippen LogP contribution is 2.40. The minimum Gasteiger partial charge on any atom is -0.491 e. The van der Waals surface area contributed by atoms with E-state index in [1.807, 2.05) is 0 Å². The maximum Gasteiger partial charge on any atom is 0.408 e. The van der Waals surface area contributed by atoms with Crippen molar-refractivity contribution in [2.45, 2.75) is 37.5 Å². The standard InChI is InChI=1S/C25H24F4N6O/c26-17-9-15-3-5-19(31-22(15)20(10-17)36-13-14-1-2-14)24-33-32-21-6-4-16(11-35(21)24)23(25(27,28)29)34-8-7-18(30)12-34/h3-6,9-11,14,18,23H,1-2,7-8,12-13,30H2. The summed E-state index contributed by atoms with van der Waals surface area (Å²) in [5.41, 5.74) is 7.20. The molecular formula is C25H24F4N6O. The van der Waals surface area contributed by atoms with Gasteiger partial charge in [0.2, 0.25) is 0 Å². The highest BCUT2D eigenvalue weighted by Gasteiger charge is 2.46. The lowest BCUT2D eigenvalue weighted by Crippen LogP contribution is -2.38. The number of ether oxygens (including phenoxy) is 1. The highest BCUT2D eigenvalue weighted by molar-refractivity contribution is 5.86. The number of hydrogen-bond acceptors (Lipinski definition) is 6. The maximum absolute atomic E-state index is 14.2. The van der Waals surface area contributed by atoms with Crippen molar-refractivity contribution in [2.24, 2.45) is 11.7 Å². The van der Waals surface area contributed by atoms with E-state index in [4.69, 9.17) is 10.5 Å².